The molecule has 1 heteroatoms. The molecule has 1 aliphatic carbocycles. The first-order chi connectivity index (χ1) is 7.79. The molecule has 3 unspecified atom stereocenters. The van der Waals surface area contributed by atoms with E-state index in [0.29, 0.717) is 6.04 Å². The highest BCUT2D eigenvalue weighted by molar-refractivity contribution is 4.93. The standard InChI is InChI=1S/C15H31N/c1-3-5-7-9-10-13-12-14(13)15(16)11-8-6-4-2/h13-15H,3-12,16H2,1-2H3. The van der Waals surface area contributed by atoms with E-state index in [1.165, 1.54) is 64.2 Å². The molecule has 1 fully saturated rings. The lowest BCUT2D eigenvalue weighted by Gasteiger charge is -2.10. The van der Waals surface area contributed by atoms with Crippen LogP contribution in [0, 0.1) is 11.8 Å². The molecule has 2 N–H and O–H groups in total. The molecular weight excluding hydrogens is 194 g/mol. The van der Waals surface area contributed by atoms with Crippen LogP contribution in [-0.4, -0.2) is 6.04 Å². The lowest BCUT2D eigenvalue weighted by atomic mass is 10.0. The van der Waals surface area contributed by atoms with Gasteiger partial charge in [-0.1, -0.05) is 65.2 Å². The molecule has 0 amide bonds. The van der Waals surface area contributed by atoms with E-state index in [9.17, 15) is 0 Å². The lowest BCUT2D eigenvalue weighted by Crippen LogP contribution is -2.23. The van der Waals surface area contributed by atoms with Crippen LogP contribution < -0.4 is 5.73 Å². The fraction of sp³-hybridized carbons (Fsp3) is 1.00. The molecule has 3 atom stereocenters. The fourth-order valence-electron chi connectivity index (χ4n) is 2.80. The van der Waals surface area contributed by atoms with Gasteiger partial charge in [0.05, 0.1) is 0 Å². The summed E-state index contributed by atoms with van der Waals surface area (Å²) < 4.78 is 0. The smallest absolute Gasteiger partial charge is 0.00699 e. The molecule has 1 saturated carbocycles. The average Bonchev–Trinajstić information content (AvgIpc) is 3.04. The summed E-state index contributed by atoms with van der Waals surface area (Å²) in [6, 6.07) is 0.516. The van der Waals surface area contributed by atoms with Crippen molar-refractivity contribution in [3.63, 3.8) is 0 Å². The van der Waals surface area contributed by atoms with Gasteiger partial charge in [-0.25, -0.2) is 0 Å². The van der Waals surface area contributed by atoms with Gasteiger partial charge in [0.25, 0.3) is 0 Å². The molecule has 0 aromatic rings. The van der Waals surface area contributed by atoms with E-state index < -0.39 is 0 Å². The van der Waals surface area contributed by atoms with Crippen molar-refractivity contribution in [3.8, 4) is 0 Å². The summed E-state index contributed by atoms with van der Waals surface area (Å²) in [6.07, 6.45) is 13.8. The summed E-state index contributed by atoms with van der Waals surface area (Å²) in [7, 11) is 0. The van der Waals surface area contributed by atoms with Crippen LogP contribution in [0.5, 0.6) is 0 Å². The van der Waals surface area contributed by atoms with Crippen LogP contribution in [0.3, 0.4) is 0 Å². The van der Waals surface area contributed by atoms with Gasteiger partial charge in [-0.05, 0) is 24.7 Å². The fourth-order valence-corrected chi connectivity index (χ4v) is 2.80. The van der Waals surface area contributed by atoms with Crippen molar-refractivity contribution < 1.29 is 0 Å². The maximum absolute atomic E-state index is 6.24. The van der Waals surface area contributed by atoms with Crippen molar-refractivity contribution in [1.82, 2.24) is 0 Å². The zero-order chi connectivity index (χ0) is 11.8. The van der Waals surface area contributed by atoms with Gasteiger partial charge >= 0.3 is 0 Å². The summed E-state index contributed by atoms with van der Waals surface area (Å²) in [5.74, 6) is 1.88. The molecule has 0 saturated heterocycles. The lowest BCUT2D eigenvalue weighted by molar-refractivity contribution is 0.470. The van der Waals surface area contributed by atoms with E-state index >= 15 is 0 Å². The molecule has 96 valence electrons. The van der Waals surface area contributed by atoms with Crippen LogP contribution in [0.1, 0.15) is 78.1 Å². The van der Waals surface area contributed by atoms with Crippen molar-refractivity contribution >= 4 is 0 Å². The Labute approximate surface area is 102 Å². The Hall–Kier alpha value is -0.0400. The van der Waals surface area contributed by atoms with Crippen molar-refractivity contribution in [2.75, 3.05) is 0 Å². The van der Waals surface area contributed by atoms with Gasteiger partial charge in [0.1, 0.15) is 0 Å². The van der Waals surface area contributed by atoms with Crippen LogP contribution in [0.25, 0.3) is 0 Å². The Morgan fingerprint density at radius 1 is 1.00 bits per heavy atom. The topological polar surface area (TPSA) is 26.0 Å². The molecule has 0 bridgehead atoms. The third kappa shape index (κ3) is 5.34. The highest BCUT2D eigenvalue weighted by Crippen LogP contribution is 2.45. The van der Waals surface area contributed by atoms with Gasteiger partial charge in [-0.2, -0.15) is 0 Å². The van der Waals surface area contributed by atoms with E-state index in [-0.39, 0.29) is 0 Å². The van der Waals surface area contributed by atoms with E-state index in [2.05, 4.69) is 13.8 Å². The number of hydrogen-bond donors (Lipinski definition) is 1. The summed E-state index contributed by atoms with van der Waals surface area (Å²) in [5, 5.41) is 0. The largest absolute Gasteiger partial charge is 0.327 e. The molecule has 1 nitrogen and oxygen atoms in total. The summed E-state index contributed by atoms with van der Waals surface area (Å²) in [5.41, 5.74) is 6.24. The van der Waals surface area contributed by atoms with E-state index in [0.717, 1.165) is 11.8 Å². The minimum Gasteiger partial charge on any atom is -0.327 e. The van der Waals surface area contributed by atoms with Crippen LogP contribution >= 0.6 is 0 Å². The second-order valence-electron chi connectivity index (χ2n) is 5.67. The molecule has 0 aliphatic heterocycles. The first-order valence-electron chi connectivity index (χ1n) is 7.55. The highest BCUT2D eigenvalue weighted by atomic mass is 14.7. The maximum Gasteiger partial charge on any atom is 0.00699 e. The molecule has 0 radical (unpaired) electrons. The Morgan fingerprint density at radius 3 is 2.38 bits per heavy atom. The Morgan fingerprint density at radius 2 is 1.69 bits per heavy atom. The van der Waals surface area contributed by atoms with Crippen LogP contribution in [0.4, 0.5) is 0 Å². The molecule has 16 heavy (non-hydrogen) atoms. The van der Waals surface area contributed by atoms with Gasteiger partial charge in [0, 0.05) is 6.04 Å². The summed E-state index contributed by atoms with van der Waals surface area (Å²) in [6.45, 7) is 4.54. The number of hydrogen-bond acceptors (Lipinski definition) is 1. The first kappa shape index (κ1) is 14.0. The van der Waals surface area contributed by atoms with E-state index in [1.807, 2.05) is 0 Å². The predicted octanol–water partition coefficient (Wildman–Crippen LogP) is 4.50. The maximum atomic E-state index is 6.24. The molecule has 0 aromatic heterocycles. The minimum atomic E-state index is 0.516. The molecule has 0 aromatic carbocycles. The van der Waals surface area contributed by atoms with Crippen molar-refractivity contribution in [3.05, 3.63) is 0 Å². The van der Waals surface area contributed by atoms with Gasteiger partial charge < -0.3 is 5.73 Å². The summed E-state index contributed by atoms with van der Waals surface area (Å²) in [4.78, 5) is 0. The van der Waals surface area contributed by atoms with Gasteiger partial charge in [0.2, 0.25) is 0 Å². The van der Waals surface area contributed by atoms with Gasteiger partial charge in [-0.3, -0.25) is 0 Å². The molecule has 1 aliphatic rings. The van der Waals surface area contributed by atoms with Crippen LogP contribution in [0.15, 0.2) is 0 Å². The normalized spacial score (nSPS) is 25.7. The zero-order valence-electron chi connectivity index (χ0n) is 11.4. The third-order valence-corrected chi connectivity index (χ3v) is 4.10. The molecular formula is C15H31N. The second kappa shape index (κ2) is 8.11. The van der Waals surface area contributed by atoms with Gasteiger partial charge in [-0.15, -0.1) is 0 Å². The SMILES string of the molecule is CCCCCCC1CC1C(N)CCCCC. The Bertz CT molecular complexity index is 167. The first-order valence-corrected chi connectivity index (χ1v) is 7.55. The van der Waals surface area contributed by atoms with Crippen LogP contribution in [-0.2, 0) is 0 Å². The second-order valence-corrected chi connectivity index (χ2v) is 5.67. The average molecular weight is 225 g/mol. The van der Waals surface area contributed by atoms with Gasteiger partial charge in [0.15, 0.2) is 0 Å². The molecule has 0 spiro atoms. The molecule has 0 heterocycles. The Balaban J connectivity index is 1.95. The highest BCUT2D eigenvalue weighted by Gasteiger charge is 2.39. The van der Waals surface area contributed by atoms with Crippen molar-refractivity contribution in [1.29, 1.82) is 0 Å². The summed E-state index contributed by atoms with van der Waals surface area (Å²) >= 11 is 0. The number of nitrogens with two attached hydrogens (primary N) is 1. The van der Waals surface area contributed by atoms with E-state index in [1.54, 1.807) is 0 Å². The van der Waals surface area contributed by atoms with Crippen molar-refractivity contribution in [2.45, 2.75) is 84.1 Å². The zero-order valence-corrected chi connectivity index (χ0v) is 11.4. The number of rotatable bonds is 10. The Kier molecular flexibility index (Phi) is 7.11. The quantitative estimate of drug-likeness (QED) is 0.544. The van der Waals surface area contributed by atoms with E-state index in [4.69, 9.17) is 5.73 Å². The third-order valence-electron chi connectivity index (χ3n) is 4.10. The predicted molar refractivity (Wildman–Crippen MR) is 72.5 cm³/mol. The monoisotopic (exact) mass is 225 g/mol. The van der Waals surface area contributed by atoms with Crippen LogP contribution in [0.2, 0.25) is 0 Å². The van der Waals surface area contributed by atoms with Crippen molar-refractivity contribution in [2.24, 2.45) is 17.6 Å². The number of unbranched alkanes of at least 4 members (excludes halogenated alkanes) is 5. The molecule has 1 rings (SSSR count). The minimum absolute atomic E-state index is 0.516.